The van der Waals surface area contributed by atoms with E-state index < -0.39 is 28.6 Å². The van der Waals surface area contributed by atoms with Crippen LogP contribution in [0.25, 0.3) is 0 Å². The zero-order chi connectivity index (χ0) is 22.5. The number of hydrogen-bond acceptors (Lipinski definition) is 5. The second-order valence-electron chi connectivity index (χ2n) is 7.06. The minimum absolute atomic E-state index is 0. The predicted molar refractivity (Wildman–Crippen MR) is 115 cm³/mol. The van der Waals surface area contributed by atoms with Gasteiger partial charge in [-0.2, -0.15) is 31.8 Å². The summed E-state index contributed by atoms with van der Waals surface area (Å²) in [5.41, 5.74) is -0.262. The van der Waals surface area contributed by atoms with E-state index in [1.54, 1.807) is 13.8 Å². The van der Waals surface area contributed by atoms with Crippen LogP contribution < -0.4 is 10.2 Å². The third kappa shape index (κ3) is 4.19. The first kappa shape index (κ1) is 23.7. The second-order valence-corrected chi connectivity index (χ2v) is 7.47. The normalized spacial score (nSPS) is 15.9. The van der Waals surface area contributed by atoms with E-state index in [1.807, 2.05) is 0 Å². The third-order valence-corrected chi connectivity index (χ3v) is 5.10. The fraction of sp³-hybridized carbons (Fsp3) is 0.263. The molecule has 13 heteroatoms. The largest absolute Gasteiger partial charge is 0.417 e. The molecule has 1 aromatic carbocycles. The molecule has 1 N–H and O–H groups in total. The van der Waals surface area contributed by atoms with Crippen molar-refractivity contribution < 1.29 is 27.3 Å². The average Bonchev–Trinajstić information content (AvgIpc) is 3.30. The van der Waals surface area contributed by atoms with Crippen LogP contribution in [0.4, 0.5) is 24.7 Å². The van der Waals surface area contributed by atoms with Crippen LogP contribution in [0, 0.1) is 6.92 Å². The summed E-state index contributed by atoms with van der Waals surface area (Å²) >= 11 is 5.81. The van der Waals surface area contributed by atoms with Crippen molar-refractivity contribution in [1.82, 2.24) is 14.9 Å². The van der Waals surface area contributed by atoms with Crippen LogP contribution in [0.5, 0.6) is 0 Å². The number of halogens is 4. The Labute approximate surface area is 191 Å². The van der Waals surface area contributed by atoms with E-state index in [4.69, 9.17) is 16.1 Å². The first-order chi connectivity index (χ1) is 14.6. The predicted octanol–water partition coefficient (Wildman–Crippen LogP) is 4.44. The molecule has 1 atom stereocenters. The number of nitrogens with zero attached hydrogens (tertiary/aromatic N) is 4. The molecule has 32 heavy (non-hydrogen) atoms. The number of alkyl halides is 3. The summed E-state index contributed by atoms with van der Waals surface area (Å²) in [6, 6.07) is 4.24. The van der Waals surface area contributed by atoms with Crippen LogP contribution >= 0.6 is 25.1 Å². The fourth-order valence-electron chi connectivity index (χ4n) is 3.35. The second kappa shape index (κ2) is 8.51. The highest BCUT2D eigenvalue weighted by molar-refractivity contribution is 7.59. The average molecular weight is 488 g/mol. The molecule has 0 spiro atoms. The number of anilines is 2. The van der Waals surface area contributed by atoms with Gasteiger partial charge in [0.25, 0.3) is 11.8 Å². The topological polar surface area (TPSA) is 93.3 Å². The number of fused-ring (bicyclic) bond motifs is 1. The van der Waals surface area contributed by atoms with Crippen molar-refractivity contribution in [2.24, 2.45) is 0 Å². The van der Waals surface area contributed by atoms with Gasteiger partial charge in [-0.05, 0) is 32.0 Å². The summed E-state index contributed by atoms with van der Waals surface area (Å²) < 4.78 is 45.4. The van der Waals surface area contributed by atoms with Crippen molar-refractivity contribution in [1.29, 1.82) is 0 Å². The fourth-order valence-corrected chi connectivity index (χ4v) is 3.64. The van der Waals surface area contributed by atoms with Gasteiger partial charge in [-0.25, -0.2) is 0 Å². The maximum Gasteiger partial charge on any atom is 0.417 e. The standard InChI is InChI=1S/C19H15ClF3N5O3.H2S/c1-9-5-15(31-26-9)25-17(29)12-7-24-28-10(2)8-27(18(30)16(12)28)11-3-4-13(14(20)6-11)19(21,22)23;/h3-7,10H,8H2,1-2H3,(H,25,29);1H2/t10-;/m0./s1. The lowest BCUT2D eigenvalue weighted by atomic mass is 10.1. The molecule has 1 aliphatic rings. The van der Waals surface area contributed by atoms with Gasteiger partial charge in [-0.3, -0.25) is 19.6 Å². The Bertz CT molecular complexity index is 1190. The van der Waals surface area contributed by atoms with E-state index in [1.165, 1.54) is 27.9 Å². The van der Waals surface area contributed by atoms with E-state index in [0.717, 1.165) is 12.1 Å². The van der Waals surface area contributed by atoms with Crippen molar-refractivity contribution in [3.8, 4) is 0 Å². The minimum Gasteiger partial charge on any atom is -0.338 e. The molecule has 3 heterocycles. The van der Waals surface area contributed by atoms with Gasteiger partial charge in [0.1, 0.15) is 5.69 Å². The number of nitrogens with one attached hydrogen (secondary N) is 1. The van der Waals surface area contributed by atoms with Gasteiger partial charge in [0.15, 0.2) is 0 Å². The Morgan fingerprint density at radius 1 is 1.31 bits per heavy atom. The molecular weight excluding hydrogens is 471 g/mol. The van der Waals surface area contributed by atoms with Gasteiger partial charge >= 0.3 is 6.18 Å². The molecule has 8 nitrogen and oxygen atoms in total. The summed E-state index contributed by atoms with van der Waals surface area (Å²) in [7, 11) is 0. The van der Waals surface area contributed by atoms with Crippen LogP contribution in [0.1, 0.15) is 45.1 Å². The zero-order valence-corrected chi connectivity index (χ0v) is 18.5. The zero-order valence-electron chi connectivity index (χ0n) is 16.7. The molecule has 0 radical (unpaired) electrons. The van der Waals surface area contributed by atoms with E-state index >= 15 is 0 Å². The van der Waals surface area contributed by atoms with E-state index in [0.29, 0.717) is 5.69 Å². The Morgan fingerprint density at radius 3 is 2.62 bits per heavy atom. The number of amides is 2. The molecule has 3 aromatic rings. The Kier molecular flexibility index (Phi) is 6.29. The van der Waals surface area contributed by atoms with E-state index in [9.17, 15) is 22.8 Å². The monoisotopic (exact) mass is 487 g/mol. The number of aromatic nitrogens is 3. The third-order valence-electron chi connectivity index (χ3n) is 4.79. The number of hydrogen-bond donors (Lipinski definition) is 1. The Morgan fingerprint density at radius 2 is 2.03 bits per heavy atom. The molecule has 170 valence electrons. The molecule has 1 aliphatic heterocycles. The molecule has 0 saturated carbocycles. The summed E-state index contributed by atoms with van der Waals surface area (Å²) in [4.78, 5) is 27.1. The maximum absolute atomic E-state index is 13.2. The smallest absolute Gasteiger partial charge is 0.338 e. The highest BCUT2D eigenvalue weighted by atomic mass is 35.5. The number of carbonyl (C=O) groups excluding carboxylic acids is 2. The lowest BCUT2D eigenvalue weighted by molar-refractivity contribution is -0.137. The van der Waals surface area contributed by atoms with Gasteiger partial charge in [-0.1, -0.05) is 16.8 Å². The molecule has 0 saturated heterocycles. The van der Waals surface area contributed by atoms with E-state index in [2.05, 4.69) is 15.6 Å². The van der Waals surface area contributed by atoms with Gasteiger partial charge < -0.3 is 9.42 Å². The Balaban J connectivity index is 0.00000289. The lowest BCUT2D eigenvalue weighted by Crippen LogP contribution is -2.43. The van der Waals surface area contributed by atoms with Crippen LogP contribution in [-0.2, 0) is 6.18 Å². The van der Waals surface area contributed by atoms with Gasteiger partial charge in [0.05, 0.1) is 34.1 Å². The highest BCUT2D eigenvalue weighted by Gasteiger charge is 2.37. The maximum atomic E-state index is 13.2. The molecule has 0 aliphatic carbocycles. The molecule has 0 unspecified atom stereocenters. The molecule has 2 aromatic heterocycles. The first-order valence-corrected chi connectivity index (χ1v) is 9.45. The lowest BCUT2D eigenvalue weighted by Gasteiger charge is -2.32. The van der Waals surface area contributed by atoms with Crippen LogP contribution in [0.15, 0.2) is 35.0 Å². The number of aryl methyl sites for hydroxylation is 1. The van der Waals surface area contributed by atoms with E-state index in [-0.39, 0.29) is 48.9 Å². The number of benzene rings is 1. The molecular formula is C19H17ClF3N5O3S. The molecule has 2 amide bonds. The van der Waals surface area contributed by atoms with Crippen molar-refractivity contribution in [3.05, 3.63) is 58.0 Å². The van der Waals surface area contributed by atoms with Gasteiger partial charge in [0.2, 0.25) is 5.88 Å². The van der Waals surface area contributed by atoms with Gasteiger partial charge in [-0.15, -0.1) is 0 Å². The SMILES string of the molecule is Cc1cc(NC(=O)c2cnn3c2C(=O)N(c2ccc(C(F)(F)F)c(Cl)c2)C[C@@H]3C)on1.S. The van der Waals surface area contributed by atoms with Crippen LogP contribution in [0.2, 0.25) is 5.02 Å². The van der Waals surface area contributed by atoms with Crippen molar-refractivity contribution in [2.45, 2.75) is 26.1 Å². The van der Waals surface area contributed by atoms with Crippen molar-refractivity contribution >= 4 is 48.5 Å². The minimum atomic E-state index is -4.61. The summed E-state index contributed by atoms with van der Waals surface area (Å²) in [6.45, 7) is 3.58. The van der Waals surface area contributed by atoms with Crippen molar-refractivity contribution in [2.75, 3.05) is 16.8 Å². The summed E-state index contributed by atoms with van der Waals surface area (Å²) in [6.07, 6.45) is -3.36. The summed E-state index contributed by atoms with van der Waals surface area (Å²) in [5.74, 6) is -1.12. The molecule has 0 fully saturated rings. The highest BCUT2D eigenvalue weighted by Crippen LogP contribution is 2.37. The van der Waals surface area contributed by atoms with Crippen molar-refractivity contribution in [3.63, 3.8) is 0 Å². The number of rotatable bonds is 3. The number of carbonyl (C=O) groups is 2. The van der Waals surface area contributed by atoms with Gasteiger partial charge in [0, 0.05) is 18.3 Å². The summed E-state index contributed by atoms with van der Waals surface area (Å²) in [5, 5.41) is 9.78. The van der Waals surface area contributed by atoms with Crippen LogP contribution in [-0.4, -0.2) is 33.3 Å². The molecule has 0 bridgehead atoms. The molecule has 4 rings (SSSR count). The van der Waals surface area contributed by atoms with Crippen LogP contribution in [0.3, 0.4) is 0 Å². The Hall–Kier alpha value is -2.99. The first-order valence-electron chi connectivity index (χ1n) is 9.07. The quantitative estimate of drug-likeness (QED) is 0.589.